The second kappa shape index (κ2) is 8.89. The lowest BCUT2D eigenvalue weighted by Gasteiger charge is -2.34. The Hall–Kier alpha value is -0.850. The predicted molar refractivity (Wildman–Crippen MR) is 99.8 cm³/mol. The van der Waals surface area contributed by atoms with Gasteiger partial charge in [-0.15, -0.1) is 0 Å². The van der Waals surface area contributed by atoms with Crippen molar-refractivity contribution in [2.75, 3.05) is 6.61 Å². The molecule has 0 bridgehead atoms. The highest BCUT2D eigenvalue weighted by molar-refractivity contribution is 5.66. The summed E-state index contributed by atoms with van der Waals surface area (Å²) in [5.41, 5.74) is -0.873. The van der Waals surface area contributed by atoms with Crippen LogP contribution in [0.25, 0.3) is 0 Å². The molecule has 2 fully saturated rings. The molecule has 6 heteroatoms. The summed E-state index contributed by atoms with van der Waals surface area (Å²) in [6.07, 6.45) is 5.40. The monoisotopic (exact) mass is 371 g/mol. The smallest absolute Gasteiger partial charge is 0.409 e. The maximum absolute atomic E-state index is 12.0. The van der Waals surface area contributed by atoms with Crippen LogP contribution >= 0.6 is 0 Å². The molecular weight excluding hydrogens is 334 g/mol. The number of nitrogens with zero attached hydrogens (tertiary/aromatic N) is 1. The first kappa shape index (κ1) is 21.5. The molecule has 1 aliphatic heterocycles. The normalized spacial score (nSPS) is 29.1. The zero-order valence-corrected chi connectivity index (χ0v) is 16.7. The molecule has 1 aliphatic carbocycles. The van der Waals surface area contributed by atoms with Gasteiger partial charge in [0.25, 0.3) is 0 Å². The van der Waals surface area contributed by atoms with E-state index in [2.05, 4.69) is 0 Å². The van der Waals surface area contributed by atoms with Crippen LogP contribution in [0.5, 0.6) is 0 Å². The van der Waals surface area contributed by atoms with E-state index in [1.165, 1.54) is 24.2 Å². The number of hydrogen-bond donors (Lipinski definition) is 3. The molecule has 1 amide bonds. The number of amides is 1. The second-order valence-corrected chi connectivity index (χ2v) is 8.96. The van der Waals surface area contributed by atoms with Crippen LogP contribution in [-0.4, -0.2) is 56.9 Å². The lowest BCUT2D eigenvalue weighted by atomic mass is 9.80. The number of aliphatic hydroxyl groups excluding tert-OH is 2. The summed E-state index contributed by atoms with van der Waals surface area (Å²) < 4.78 is 6.20. The minimum atomic E-state index is -0.942. The van der Waals surface area contributed by atoms with Crippen LogP contribution in [0, 0.1) is 17.8 Å². The quantitative estimate of drug-likeness (QED) is 0.638. The molecule has 0 aromatic rings. The molecule has 6 nitrogen and oxygen atoms in total. The van der Waals surface area contributed by atoms with Crippen molar-refractivity contribution < 1.29 is 24.9 Å². The molecule has 1 heterocycles. The Morgan fingerprint density at radius 1 is 1.23 bits per heavy atom. The predicted octanol–water partition coefficient (Wildman–Crippen LogP) is 3.46. The van der Waals surface area contributed by atoms with Crippen LogP contribution in [0.1, 0.15) is 72.6 Å². The van der Waals surface area contributed by atoms with Gasteiger partial charge >= 0.3 is 6.09 Å². The summed E-state index contributed by atoms with van der Waals surface area (Å²) in [6, 6.07) is -0.197. The van der Waals surface area contributed by atoms with Crippen LogP contribution in [0.3, 0.4) is 0 Å². The van der Waals surface area contributed by atoms with E-state index in [0.29, 0.717) is 12.3 Å². The van der Waals surface area contributed by atoms with Crippen LogP contribution in [0.2, 0.25) is 0 Å². The van der Waals surface area contributed by atoms with Crippen molar-refractivity contribution in [3.8, 4) is 0 Å². The molecule has 1 unspecified atom stereocenters. The van der Waals surface area contributed by atoms with Gasteiger partial charge in [0.05, 0.1) is 24.9 Å². The number of hydrogen-bond acceptors (Lipinski definition) is 4. The number of carbonyl (C=O) groups is 1. The summed E-state index contributed by atoms with van der Waals surface area (Å²) in [5.74, 6) is 0.595. The molecule has 2 rings (SSSR count). The van der Waals surface area contributed by atoms with Gasteiger partial charge in [0.1, 0.15) is 5.72 Å². The van der Waals surface area contributed by atoms with E-state index in [1.807, 2.05) is 27.7 Å². The van der Waals surface area contributed by atoms with Gasteiger partial charge in [-0.3, -0.25) is 4.90 Å². The Bertz CT molecular complexity index is 461. The molecule has 0 spiro atoms. The van der Waals surface area contributed by atoms with Crippen LogP contribution < -0.4 is 0 Å². The van der Waals surface area contributed by atoms with Gasteiger partial charge in [-0.2, -0.15) is 0 Å². The van der Waals surface area contributed by atoms with E-state index in [1.54, 1.807) is 0 Å². The average molecular weight is 372 g/mol. The molecule has 1 saturated carbocycles. The summed E-state index contributed by atoms with van der Waals surface area (Å²) in [4.78, 5) is 13.5. The first-order valence-electron chi connectivity index (χ1n) is 10.2. The van der Waals surface area contributed by atoms with Gasteiger partial charge < -0.3 is 20.1 Å². The van der Waals surface area contributed by atoms with Crippen molar-refractivity contribution in [2.24, 2.45) is 17.8 Å². The van der Waals surface area contributed by atoms with Crippen molar-refractivity contribution in [3.63, 3.8) is 0 Å². The first-order valence-corrected chi connectivity index (χ1v) is 10.2. The third kappa shape index (κ3) is 4.90. The van der Waals surface area contributed by atoms with E-state index in [-0.39, 0.29) is 30.6 Å². The number of aliphatic hydroxyl groups is 2. The van der Waals surface area contributed by atoms with Crippen molar-refractivity contribution in [3.05, 3.63) is 0 Å². The van der Waals surface area contributed by atoms with Gasteiger partial charge in [-0.1, -0.05) is 46.0 Å². The van der Waals surface area contributed by atoms with Gasteiger partial charge in [-0.05, 0) is 44.4 Å². The van der Waals surface area contributed by atoms with Crippen molar-refractivity contribution in [1.82, 2.24) is 4.90 Å². The third-order valence-electron chi connectivity index (χ3n) is 6.33. The molecule has 0 aromatic carbocycles. The zero-order chi connectivity index (χ0) is 19.5. The standard InChI is InChI=1S/C20H37NO5/c1-13(2)15(17(23)12-22)11-18-16(10-14-8-6-5-7-9-14)21(19(24)25)20(3,4)26-18/h13-18,22-23H,5-12H2,1-4H3,(H,24,25)/t15-,16-,17?,18-/m0/s1. The molecule has 26 heavy (non-hydrogen) atoms. The van der Waals surface area contributed by atoms with E-state index in [4.69, 9.17) is 4.74 Å². The topological polar surface area (TPSA) is 90.2 Å². The van der Waals surface area contributed by atoms with Crippen molar-refractivity contribution in [1.29, 1.82) is 0 Å². The zero-order valence-electron chi connectivity index (χ0n) is 16.7. The highest BCUT2D eigenvalue weighted by atomic mass is 16.6. The fraction of sp³-hybridized carbons (Fsp3) is 0.950. The molecular formula is C20H37NO5. The summed E-state index contributed by atoms with van der Waals surface area (Å²) in [5, 5.41) is 29.5. The third-order valence-corrected chi connectivity index (χ3v) is 6.33. The SMILES string of the molecule is CC(C)[C@H](C[C@@H]1OC(C)(C)N(C(=O)O)[C@H]1CC1CCCCC1)C(O)CO. The molecule has 4 atom stereocenters. The average Bonchev–Trinajstić information content (AvgIpc) is 2.82. The molecule has 0 aromatic heterocycles. The number of ether oxygens (including phenoxy) is 1. The fourth-order valence-corrected chi connectivity index (χ4v) is 4.95. The highest BCUT2D eigenvalue weighted by Gasteiger charge is 2.51. The Balaban J connectivity index is 2.21. The van der Waals surface area contributed by atoms with Crippen molar-refractivity contribution in [2.45, 2.75) is 96.6 Å². The highest BCUT2D eigenvalue weighted by Crippen LogP contribution is 2.41. The lowest BCUT2D eigenvalue weighted by Crippen LogP contribution is -2.48. The number of carboxylic acid groups (broad SMARTS) is 1. The first-order chi connectivity index (χ1) is 12.2. The largest absolute Gasteiger partial charge is 0.465 e. The van der Waals surface area contributed by atoms with Gasteiger partial charge in [0, 0.05) is 0 Å². The van der Waals surface area contributed by atoms with Gasteiger partial charge in [0.2, 0.25) is 0 Å². The Kier molecular flexibility index (Phi) is 7.34. The minimum absolute atomic E-state index is 0.122. The summed E-state index contributed by atoms with van der Waals surface area (Å²) in [7, 11) is 0. The second-order valence-electron chi connectivity index (χ2n) is 8.96. The summed E-state index contributed by atoms with van der Waals surface area (Å²) >= 11 is 0. The van der Waals surface area contributed by atoms with Gasteiger partial charge in [-0.25, -0.2) is 4.79 Å². The summed E-state index contributed by atoms with van der Waals surface area (Å²) in [6.45, 7) is 7.38. The molecule has 3 N–H and O–H groups in total. The molecule has 152 valence electrons. The molecule has 1 saturated heterocycles. The Labute approximate surface area is 157 Å². The Morgan fingerprint density at radius 3 is 2.35 bits per heavy atom. The van der Waals surface area contributed by atoms with Crippen LogP contribution in [-0.2, 0) is 4.74 Å². The molecule has 0 radical (unpaired) electrons. The lowest BCUT2D eigenvalue weighted by molar-refractivity contribution is -0.0799. The van der Waals surface area contributed by atoms with E-state index in [0.717, 1.165) is 19.3 Å². The van der Waals surface area contributed by atoms with E-state index in [9.17, 15) is 20.1 Å². The molecule has 2 aliphatic rings. The Morgan fingerprint density at radius 2 is 1.85 bits per heavy atom. The van der Waals surface area contributed by atoms with E-state index < -0.39 is 17.9 Å². The van der Waals surface area contributed by atoms with Crippen LogP contribution in [0.4, 0.5) is 4.79 Å². The van der Waals surface area contributed by atoms with Gasteiger partial charge in [0.15, 0.2) is 0 Å². The fourth-order valence-electron chi connectivity index (χ4n) is 4.95. The minimum Gasteiger partial charge on any atom is -0.465 e. The van der Waals surface area contributed by atoms with E-state index >= 15 is 0 Å². The maximum atomic E-state index is 12.0. The van der Waals surface area contributed by atoms with Crippen molar-refractivity contribution >= 4 is 6.09 Å². The van der Waals surface area contributed by atoms with Crippen LogP contribution in [0.15, 0.2) is 0 Å². The maximum Gasteiger partial charge on any atom is 0.409 e. The number of rotatable bonds is 7.